The van der Waals surface area contributed by atoms with Crippen LogP contribution < -0.4 is 10.6 Å². The van der Waals surface area contributed by atoms with Gasteiger partial charge in [0.15, 0.2) is 0 Å². The van der Waals surface area contributed by atoms with Gasteiger partial charge in [-0.25, -0.2) is 0 Å². The van der Waals surface area contributed by atoms with Crippen LogP contribution in [0.15, 0.2) is 10.7 Å². The summed E-state index contributed by atoms with van der Waals surface area (Å²) in [6.07, 6.45) is 1.68. The zero-order chi connectivity index (χ0) is 11.5. The van der Waals surface area contributed by atoms with Gasteiger partial charge < -0.3 is 15.1 Å². The second-order valence-corrected chi connectivity index (χ2v) is 5.05. The molecule has 1 rings (SSSR count). The highest BCUT2D eigenvalue weighted by Crippen LogP contribution is 2.13. The molecule has 0 amide bonds. The van der Waals surface area contributed by atoms with Crippen molar-refractivity contribution in [1.29, 1.82) is 0 Å². The Labute approximate surface area is 91.5 Å². The summed E-state index contributed by atoms with van der Waals surface area (Å²) in [4.78, 5) is 4.33. The average molecular weight is 211 g/mol. The molecule has 4 nitrogen and oxygen atoms in total. The van der Waals surface area contributed by atoms with Crippen molar-refractivity contribution >= 4 is 6.01 Å². The summed E-state index contributed by atoms with van der Waals surface area (Å²) in [5, 5.41) is 6.47. The molecule has 1 aromatic rings. The number of nitrogens with zero attached hydrogens (tertiary/aromatic N) is 1. The minimum atomic E-state index is -0.0202. The first-order valence-electron chi connectivity index (χ1n) is 5.33. The molecule has 0 aliphatic carbocycles. The molecule has 0 aromatic carbocycles. The first-order valence-corrected chi connectivity index (χ1v) is 5.33. The van der Waals surface area contributed by atoms with Crippen LogP contribution in [0.3, 0.4) is 0 Å². The lowest BCUT2D eigenvalue weighted by Gasteiger charge is -2.18. The van der Waals surface area contributed by atoms with Crippen molar-refractivity contribution in [3.05, 3.63) is 12.0 Å². The number of rotatable bonds is 4. The monoisotopic (exact) mass is 211 g/mol. The third kappa shape index (κ3) is 4.83. The molecule has 0 saturated heterocycles. The maximum Gasteiger partial charge on any atom is 0.295 e. The maximum absolute atomic E-state index is 5.31. The molecular weight excluding hydrogens is 190 g/mol. The molecule has 2 N–H and O–H groups in total. The first-order chi connectivity index (χ1) is 6.87. The van der Waals surface area contributed by atoms with E-state index in [4.69, 9.17) is 4.42 Å². The highest BCUT2D eigenvalue weighted by molar-refractivity contribution is 5.24. The quantitative estimate of drug-likeness (QED) is 0.803. The van der Waals surface area contributed by atoms with Crippen molar-refractivity contribution in [3.8, 4) is 0 Å². The first kappa shape index (κ1) is 12.0. The van der Waals surface area contributed by atoms with E-state index in [9.17, 15) is 0 Å². The lowest BCUT2D eigenvalue weighted by molar-refractivity contribution is 0.528. The van der Waals surface area contributed by atoms with E-state index in [0.717, 1.165) is 12.2 Å². The highest BCUT2D eigenvalue weighted by atomic mass is 16.4. The summed E-state index contributed by atoms with van der Waals surface area (Å²) in [5.41, 5.74) is 0.906. The number of hydrogen-bond acceptors (Lipinski definition) is 4. The molecule has 0 fully saturated rings. The van der Waals surface area contributed by atoms with E-state index >= 15 is 0 Å². The molecule has 0 spiro atoms. The number of oxazole rings is 1. The van der Waals surface area contributed by atoms with Gasteiger partial charge in [0.05, 0.1) is 5.69 Å². The Morgan fingerprint density at radius 2 is 2.07 bits per heavy atom. The van der Waals surface area contributed by atoms with Gasteiger partial charge in [-0.05, 0) is 20.8 Å². The van der Waals surface area contributed by atoms with Gasteiger partial charge in [-0.3, -0.25) is 0 Å². The van der Waals surface area contributed by atoms with E-state index in [1.807, 2.05) is 0 Å². The Bertz CT molecular complexity index is 299. The van der Waals surface area contributed by atoms with Crippen molar-refractivity contribution in [2.24, 2.45) is 0 Å². The Hall–Kier alpha value is -1.03. The van der Waals surface area contributed by atoms with Crippen LogP contribution in [0.2, 0.25) is 0 Å². The average Bonchev–Trinajstić information content (AvgIpc) is 2.45. The lowest BCUT2D eigenvalue weighted by Crippen LogP contribution is -2.26. The largest absolute Gasteiger partial charge is 0.432 e. The van der Waals surface area contributed by atoms with Crippen molar-refractivity contribution in [2.45, 2.75) is 52.7 Å². The van der Waals surface area contributed by atoms with E-state index < -0.39 is 0 Å². The summed E-state index contributed by atoms with van der Waals surface area (Å²) in [6, 6.07) is 1.05. The Kier molecular flexibility index (Phi) is 3.74. The predicted octanol–water partition coefficient (Wildman–Crippen LogP) is 2.38. The molecule has 0 aliphatic heterocycles. The molecule has 1 aromatic heterocycles. The van der Waals surface area contributed by atoms with Gasteiger partial charge >= 0.3 is 0 Å². The van der Waals surface area contributed by atoms with Crippen LogP contribution >= 0.6 is 0 Å². The van der Waals surface area contributed by atoms with E-state index in [-0.39, 0.29) is 5.54 Å². The van der Waals surface area contributed by atoms with Crippen LogP contribution in [-0.2, 0) is 6.54 Å². The highest BCUT2D eigenvalue weighted by Gasteiger charge is 2.13. The van der Waals surface area contributed by atoms with Crippen LogP contribution in [0.4, 0.5) is 6.01 Å². The van der Waals surface area contributed by atoms with Gasteiger partial charge in [0, 0.05) is 18.1 Å². The third-order valence-electron chi connectivity index (χ3n) is 1.73. The molecule has 0 bridgehead atoms. The smallest absolute Gasteiger partial charge is 0.295 e. The van der Waals surface area contributed by atoms with Crippen LogP contribution in [0, 0.1) is 0 Å². The van der Waals surface area contributed by atoms with Crippen molar-refractivity contribution < 1.29 is 4.42 Å². The molecule has 15 heavy (non-hydrogen) atoms. The second kappa shape index (κ2) is 4.66. The molecule has 4 heteroatoms. The summed E-state index contributed by atoms with van der Waals surface area (Å²) in [5.74, 6) is 0. The Morgan fingerprint density at radius 3 is 2.60 bits per heavy atom. The minimum absolute atomic E-state index is 0.0202. The topological polar surface area (TPSA) is 50.1 Å². The molecule has 0 unspecified atom stereocenters. The van der Waals surface area contributed by atoms with Crippen LogP contribution in [-0.4, -0.2) is 16.6 Å². The number of hydrogen-bond donors (Lipinski definition) is 2. The molecule has 0 radical (unpaired) electrons. The molecule has 1 heterocycles. The molecular formula is C11H21N3O. The number of aromatic nitrogens is 1. The van der Waals surface area contributed by atoms with Crippen molar-refractivity contribution in [3.63, 3.8) is 0 Å². The fourth-order valence-electron chi connectivity index (χ4n) is 1.08. The number of anilines is 1. The number of nitrogens with one attached hydrogen (secondary N) is 2. The molecule has 0 aliphatic rings. The zero-order valence-electron chi connectivity index (χ0n) is 10.2. The van der Waals surface area contributed by atoms with E-state index in [2.05, 4.69) is 50.2 Å². The minimum Gasteiger partial charge on any atom is -0.432 e. The maximum atomic E-state index is 5.31. The van der Waals surface area contributed by atoms with Gasteiger partial charge in [0.2, 0.25) is 0 Å². The van der Waals surface area contributed by atoms with E-state index in [1.165, 1.54) is 0 Å². The van der Waals surface area contributed by atoms with Gasteiger partial charge in [-0.2, -0.15) is 4.98 Å². The van der Waals surface area contributed by atoms with E-state index in [0.29, 0.717) is 12.1 Å². The van der Waals surface area contributed by atoms with Gasteiger partial charge in [-0.1, -0.05) is 13.8 Å². The van der Waals surface area contributed by atoms with Gasteiger partial charge in [-0.15, -0.1) is 0 Å². The van der Waals surface area contributed by atoms with Crippen molar-refractivity contribution in [1.82, 2.24) is 10.3 Å². The molecule has 86 valence electrons. The summed E-state index contributed by atoms with van der Waals surface area (Å²) in [7, 11) is 0. The summed E-state index contributed by atoms with van der Waals surface area (Å²) in [6.45, 7) is 11.2. The predicted molar refractivity (Wildman–Crippen MR) is 61.9 cm³/mol. The zero-order valence-corrected chi connectivity index (χ0v) is 10.2. The van der Waals surface area contributed by atoms with Crippen LogP contribution in [0.1, 0.15) is 40.3 Å². The van der Waals surface area contributed by atoms with Gasteiger partial charge in [0.25, 0.3) is 6.01 Å². The van der Waals surface area contributed by atoms with Crippen LogP contribution in [0.25, 0.3) is 0 Å². The second-order valence-electron chi connectivity index (χ2n) is 5.05. The normalized spacial score (nSPS) is 12.1. The standard InChI is InChI=1S/C11H21N3O/c1-8(2)12-6-9-7-15-10(13-9)14-11(3,4)5/h7-8,12H,6H2,1-5H3,(H,13,14). The molecule has 0 saturated carbocycles. The fraction of sp³-hybridized carbons (Fsp3) is 0.727. The summed E-state index contributed by atoms with van der Waals surface area (Å²) >= 11 is 0. The summed E-state index contributed by atoms with van der Waals surface area (Å²) < 4.78 is 5.31. The van der Waals surface area contributed by atoms with Gasteiger partial charge in [0.1, 0.15) is 6.26 Å². The molecule has 0 atom stereocenters. The Morgan fingerprint density at radius 1 is 1.40 bits per heavy atom. The Balaban J connectivity index is 2.49. The lowest BCUT2D eigenvalue weighted by atomic mass is 10.1. The fourth-order valence-corrected chi connectivity index (χ4v) is 1.08. The SMILES string of the molecule is CC(C)NCc1coc(NC(C)(C)C)n1. The van der Waals surface area contributed by atoms with Crippen molar-refractivity contribution in [2.75, 3.05) is 5.32 Å². The van der Waals surface area contributed by atoms with Crippen LogP contribution in [0.5, 0.6) is 0 Å². The van der Waals surface area contributed by atoms with E-state index in [1.54, 1.807) is 6.26 Å². The third-order valence-corrected chi connectivity index (χ3v) is 1.73.